The fourth-order valence-electron chi connectivity index (χ4n) is 2.12. The minimum atomic E-state index is -0.0627. The van der Waals surface area contributed by atoms with Gasteiger partial charge in [0.1, 0.15) is 11.4 Å². The third kappa shape index (κ3) is 3.28. The Morgan fingerprint density at radius 3 is 2.75 bits per heavy atom. The lowest BCUT2D eigenvalue weighted by atomic mass is 10.2. The number of carbonyl (C=O) groups is 1. The smallest absolute Gasteiger partial charge is 0.243 e. The van der Waals surface area contributed by atoms with Gasteiger partial charge < -0.3 is 14.8 Å². The Bertz CT molecular complexity index is 879. The number of thiazole rings is 1. The molecule has 2 aromatic heterocycles. The first-order valence-electron chi connectivity index (χ1n) is 7.29. The second kappa shape index (κ2) is 6.79. The number of amides is 1. The number of benzene rings is 1. The number of rotatable bonds is 6. The number of aromatic nitrogens is 3. The first kappa shape index (κ1) is 16.1. The van der Waals surface area contributed by atoms with Crippen molar-refractivity contribution in [2.24, 2.45) is 0 Å². The number of anilines is 1. The van der Waals surface area contributed by atoms with Crippen LogP contribution < -0.4 is 14.8 Å². The first-order chi connectivity index (χ1) is 11.6. The van der Waals surface area contributed by atoms with Gasteiger partial charge >= 0.3 is 0 Å². The van der Waals surface area contributed by atoms with Gasteiger partial charge in [-0.25, -0.2) is 15.0 Å². The van der Waals surface area contributed by atoms with Crippen molar-refractivity contribution in [3.63, 3.8) is 0 Å². The van der Waals surface area contributed by atoms with Crippen LogP contribution >= 0.6 is 11.3 Å². The van der Waals surface area contributed by atoms with Gasteiger partial charge in [-0.05, 0) is 26.0 Å². The van der Waals surface area contributed by atoms with Gasteiger partial charge in [-0.3, -0.25) is 4.79 Å². The van der Waals surface area contributed by atoms with Gasteiger partial charge in [-0.15, -0.1) is 11.3 Å². The maximum Gasteiger partial charge on any atom is 0.243 e. The molecule has 0 unspecified atom stereocenters. The molecule has 1 N–H and O–H groups in total. The minimum absolute atomic E-state index is 0.0627. The van der Waals surface area contributed by atoms with Crippen molar-refractivity contribution in [3.8, 4) is 23.0 Å². The minimum Gasteiger partial charge on any atom is -0.497 e. The van der Waals surface area contributed by atoms with E-state index in [1.165, 1.54) is 11.3 Å². The second-order valence-corrected chi connectivity index (χ2v) is 6.06. The van der Waals surface area contributed by atoms with Gasteiger partial charge in [0.15, 0.2) is 10.8 Å². The summed E-state index contributed by atoms with van der Waals surface area (Å²) in [4.78, 5) is 24.1. The summed E-state index contributed by atoms with van der Waals surface area (Å²) in [6.45, 7) is 3.84. The molecule has 8 heteroatoms. The summed E-state index contributed by atoms with van der Waals surface area (Å²) < 4.78 is 11.0. The average molecular weight is 344 g/mol. The van der Waals surface area contributed by atoms with Crippen molar-refractivity contribution in [1.82, 2.24) is 15.0 Å². The first-order valence-corrected chi connectivity index (χ1v) is 8.17. The highest BCUT2D eigenvalue weighted by atomic mass is 32.1. The Balaban J connectivity index is 2.13. The number of hydrogen-bond acceptors (Lipinski definition) is 7. The van der Waals surface area contributed by atoms with Crippen LogP contribution in [-0.2, 0) is 4.79 Å². The molecule has 0 fully saturated rings. The van der Waals surface area contributed by atoms with Crippen LogP contribution in [0.2, 0.25) is 0 Å². The lowest BCUT2D eigenvalue weighted by Gasteiger charge is -2.12. The topological polar surface area (TPSA) is 86.2 Å². The van der Waals surface area contributed by atoms with Crippen LogP contribution in [0.15, 0.2) is 23.6 Å². The van der Waals surface area contributed by atoms with Crippen LogP contribution in [0.1, 0.15) is 13.8 Å². The fraction of sp³-hybridized carbons (Fsp3) is 0.250. The molecule has 0 aliphatic carbocycles. The Labute approximate surface area is 142 Å². The van der Waals surface area contributed by atoms with E-state index in [4.69, 9.17) is 9.47 Å². The largest absolute Gasteiger partial charge is 0.497 e. The van der Waals surface area contributed by atoms with Crippen molar-refractivity contribution in [3.05, 3.63) is 23.6 Å². The highest BCUT2D eigenvalue weighted by molar-refractivity contribution is 7.14. The lowest BCUT2D eigenvalue weighted by Crippen LogP contribution is -2.09. The number of ether oxygens (including phenoxy) is 2. The third-order valence-corrected chi connectivity index (χ3v) is 3.89. The third-order valence-electron chi connectivity index (χ3n) is 3.12. The molecule has 7 nitrogen and oxygen atoms in total. The van der Waals surface area contributed by atoms with Gasteiger partial charge in [0.25, 0.3) is 0 Å². The maximum atomic E-state index is 10.6. The Hall–Kier alpha value is -2.74. The molecule has 3 aromatic rings. The zero-order chi connectivity index (χ0) is 17.1. The number of nitrogens with one attached hydrogen (secondary N) is 1. The van der Waals surface area contributed by atoms with E-state index in [2.05, 4.69) is 20.3 Å². The highest BCUT2D eigenvalue weighted by Gasteiger charge is 2.17. The zero-order valence-corrected chi connectivity index (χ0v) is 14.3. The summed E-state index contributed by atoms with van der Waals surface area (Å²) in [5.41, 5.74) is 2.52. The van der Waals surface area contributed by atoms with E-state index in [1.54, 1.807) is 18.6 Å². The van der Waals surface area contributed by atoms with Crippen LogP contribution in [0.5, 0.6) is 11.6 Å². The van der Waals surface area contributed by atoms with E-state index in [1.807, 2.05) is 26.0 Å². The molecule has 2 heterocycles. The molecule has 0 spiro atoms. The van der Waals surface area contributed by atoms with E-state index < -0.39 is 0 Å². The van der Waals surface area contributed by atoms with E-state index >= 15 is 0 Å². The summed E-state index contributed by atoms with van der Waals surface area (Å²) >= 11 is 1.31. The summed E-state index contributed by atoms with van der Waals surface area (Å²) in [7, 11) is 1.60. The average Bonchev–Trinajstić information content (AvgIpc) is 3.02. The summed E-state index contributed by atoms with van der Waals surface area (Å²) in [6, 6.07) is 5.46. The second-order valence-electron chi connectivity index (χ2n) is 5.20. The molecule has 0 aliphatic heterocycles. The standard InChI is InChI=1S/C16H16N4O3S/c1-9(2)23-15-14(13-7-24-16(20-13)17-8-21)18-11-5-4-10(22-3)6-12(11)19-15/h4-9H,1-3H3,(H,17,20,21). The molecule has 0 saturated carbocycles. The zero-order valence-electron chi connectivity index (χ0n) is 13.4. The van der Waals surface area contributed by atoms with E-state index in [9.17, 15) is 4.79 Å². The van der Waals surface area contributed by atoms with Crippen LogP contribution in [0.25, 0.3) is 22.4 Å². The number of carbonyl (C=O) groups excluding carboxylic acids is 1. The normalized spacial score (nSPS) is 10.8. The molecule has 3 rings (SSSR count). The number of methoxy groups -OCH3 is 1. The summed E-state index contributed by atoms with van der Waals surface area (Å²) in [5.74, 6) is 1.10. The quantitative estimate of drug-likeness (QED) is 0.692. The van der Waals surface area contributed by atoms with Crippen LogP contribution in [0.3, 0.4) is 0 Å². The van der Waals surface area contributed by atoms with E-state index in [0.29, 0.717) is 45.6 Å². The van der Waals surface area contributed by atoms with Gasteiger partial charge in [0, 0.05) is 11.4 Å². The Kier molecular flexibility index (Phi) is 4.57. The molecule has 0 bridgehead atoms. The molecule has 1 amide bonds. The van der Waals surface area contributed by atoms with Crippen molar-refractivity contribution in [1.29, 1.82) is 0 Å². The predicted octanol–water partition coefficient (Wildman–Crippen LogP) is 3.12. The molecule has 24 heavy (non-hydrogen) atoms. The van der Waals surface area contributed by atoms with Crippen molar-refractivity contribution >= 4 is 33.9 Å². The van der Waals surface area contributed by atoms with Gasteiger partial charge in [0.05, 0.1) is 24.2 Å². The van der Waals surface area contributed by atoms with Crippen molar-refractivity contribution in [2.45, 2.75) is 20.0 Å². The molecular weight excluding hydrogens is 328 g/mol. The maximum absolute atomic E-state index is 10.6. The monoisotopic (exact) mass is 344 g/mol. The number of fused-ring (bicyclic) bond motifs is 1. The molecule has 0 saturated heterocycles. The van der Waals surface area contributed by atoms with E-state index in [-0.39, 0.29) is 6.10 Å². The van der Waals surface area contributed by atoms with Crippen molar-refractivity contribution in [2.75, 3.05) is 12.4 Å². The molecule has 124 valence electrons. The Morgan fingerprint density at radius 2 is 2.04 bits per heavy atom. The van der Waals surface area contributed by atoms with Gasteiger partial charge in [-0.2, -0.15) is 0 Å². The molecule has 1 aromatic carbocycles. The molecule has 0 atom stereocenters. The molecular formula is C16H16N4O3S. The fourth-order valence-corrected chi connectivity index (χ4v) is 2.77. The molecule has 0 radical (unpaired) electrons. The van der Waals surface area contributed by atoms with Gasteiger partial charge in [-0.1, -0.05) is 0 Å². The van der Waals surface area contributed by atoms with Crippen LogP contribution in [0.4, 0.5) is 5.13 Å². The SMILES string of the molecule is COc1ccc2nc(-c3csc(NC=O)n3)c(OC(C)C)nc2c1. The summed E-state index contributed by atoms with van der Waals surface area (Å²) in [5, 5.41) is 4.83. The van der Waals surface area contributed by atoms with Crippen LogP contribution in [0, 0.1) is 0 Å². The Morgan fingerprint density at radius 1 is 1.21 bits per heavy atom. The molecule has 0 aliphatic rings. The lowest BCUT2D eigenvalue weighted by molar-refractivity contribution is -0.105. The van der Waals surface area contributed by atoms with Gasteiger partial charge in [0.2, 0.25) is 12.3 Å². The van der Waals surface area contributed by atoms with Crippen LogP contribution in [-0.4, -0.2) is 34.6 Å². The highest BCUT2D eigenvalue weighted by Crippen LogP contribution is 2.32. The summed E-state index contributed by atoms with van der Waals surface area (Å²) in [6.07, 6.45) is 0.527. The predicted molar refractivity (Wildman–Crippen MR) is 92.6 cm³/mol. The van der Waals surface area contributed by atoms with E-state index in [0.717, 1.165) is 0 Å². The van der Waals surface area contributed by atoms with Crippen molar-refractivity contribution < 1.29 is 14.3 Å². The number of hydrogen-bond donors (Lipinski definition) is 1. The number of nitrogens with zero attached hydrogens (tertiary/aromatic N) is 3.